The van der Waals surface area contributed by atoms with Crippen LogP contribution in [-0.2, 0) is 9.59 Å². The van der Waals surface area contributed by atoms with Crippen molar-refractivity contribution in [3.63, 3.8) is 0 Å². The molecule has 0 fully saturated rings. The van der Waals surface area contributed by atoms with Gasteiger partial charge in [0.1, 0.15) is 5.94 Å². The van der Waals surface area contributed by atoms with Crippen LogP contribution in [-0.4, -0.2) is 17.0 Å². The van der Waals surface area contributed by atoms with Crippen molar-refractivity contribution in [1.29, 1.82) is 0 Å². The maximum Gasteiger partial charge on any atom is 0.311 e. The van der Waals surface area contributed by atoms with E-state index in [0.717, 1.165) is 0 Å². The van der Waals surface area contributed by atoms with Crippen LogP contribution in [0.4, 0.5) is 0 Å². The molecule has 0 saturated carbocycles. The summed E-state index contributed by atoms with van der Waals surface area (Å²) in [6, 6.07) is 0. The minimum Gasteiger partial charge on any atom is -0.481 e. The van der Waals surface area contributed by atoms with E-state index in [1.54, 1.807) is 0 Å². The molecule has 9 heavy (non-hydrogen) atoms. The topological polar surface area (TPSA) is 54.4 Å². The van der Waals surface area contributed by atoms with Gasteiger partial charge in [0.2, 0.25) is 0 Å². The van der Waals surface area contributed by atoms with Gasteiger partial charge in [-0.3, -0.25) is 4.79 Å². The molecule has 50 valence electrons. The zero-order valence-corrected chi connectivity index (χ0v) is 5.34. The Labute approximate surface area is 53.0 Å². The van der Waals surface area contributed by atoms with E-state index in [1.807, 2.05) is 0 Å². The average Bonchev–Trinajstić information content (AvgIpc) is 1.84. The minimum absolute atomic E-state index is 0.225. The first-order valence-electron chi connectivity index (χ1n) is 2.54. The molecule has 0 spiro atoms. The quantitative estimate of drug-likeness (QED) is 0.550. The lowest BCUT2D eigenvalue weighted by molar-refractivity contribution is -0.139. The van der Waals surface area contributed by atoms with Gasteiger partial charge in [-0.15, -0.1) is 0 Å². The summed E-state index contributed by atoms with van der Waals surface area (Å²) < 4.78 is 0. The van der Waals surface area contributed by atoms with Crippen molar-refractivity contribution in [3.05, 3.63) is 5.57 Å². The molecule has 1 N–H and O–H groups in total. The van der Waals surface area contributed by atoms with Crippen molar-refractivity contribution in [1.82, 2.24) is 0 Å². The summed E-state index contributed by atoms with van der Waals surface area (Å²) in [7, 11) is 0. The Morgan fingerprint density at radius 1 is 1.67 bits per heavy atom. The summed E-state index contributed by atoms with van der Waals surface area (Å²) in [5, 5.41) is 8.28. The average molecular weight is 128 g/mol. The van der Waals surface area contributed by atoms with E-state index in [1.165, 1.54) is 19.8 Å². The lowest BCUT2D eigenvalue weighted by Crippen LogP contribution is -2.10. The van der Waals surface area contributed by atoms with E-state index in [0.29, 0.717) is 0 Å². The normalized spacial score (nSPS) is 11.8. The number of rotatable bonds is 2. The zero-order valence-electron chi connectivity index (χ0n) is 5.34. The van der Waals surface area contributed by atoms with Gasteiger partial charge >= 0.3 is 5.97 Å². The second-order valence-electron chi connectivity index (χ2n) is 1.85. The predicted molar refractivity (Wildman–Crippen MR) is 31.7 cm³/mol. The molecule has 0 heterocycles. The van der Waals surface area contributed by atoms with Crippen molar-refractivity contribution in [2.24, 2.45) is 5.92 Å². The number of carbonyl (C=O) groups is 1. The highest BCUT2D eigenvalue weighted by molar-refractivity contribution is 5.76. The fourth-order valence-corrected chi connectivity index (χ4v) is 0.274. The first-order chi connectivity index (χ1) is 4.09. The van der Waals surface area contributed by atoms with E-state index >= 15 is 0 Å². The molecule has 3 nitrogen and oxygen atoms in total. The molecule has 0 saturated heterocycles. The van der Waals surface area contributed by atoms with Crippen LogP contribution in [0.5, 0.6) is 0 Å². The molecule has 1 atom stereocenters. The molecule has 0 aromatic heterocycles. The molecule has 0 aliphatic rings. The van der Waals surface area contributed by atoms with Crippen LogP contribution in [0.1, 0.15) is 13.8 Å². The van der Waals surface area contributed by atoms with Crippen LogP contribution >= 0.6 is 0 Å². The molecule has 0 aromatic carbocycles. The van der Waals surface area contributed by atoms with Crippen LogP contribution in [0.15, 0.2) is 5.57 Å². The maximum absolute atomic E-state index is 10.1. The zero-order chi connectivity index (χ0) is 7.44. The molecule has 0 amide bonds. The summed E-state index contributed by atoms with van der Waals surface area (Å²) >= 11 is 0. The highest BCUT2D eigenvalue weighted by Crippen LogP contribution is 2.04. The van der Waals surface area contributed by atoms with Gasteiger partial charge in [0.05, 0.1) is 5.92 Å². The van der Waals surface area contributed by atoms with Gasteiger partial charge in [-0.05, 0) is 13.8 Å². The van der Waals surface area contributed by atoms with Crippen molar-refractivity contribution in [2.45, 2.75) is 13.8 Å². The van der Waals surface area contributed by atoms with Crippen molar-refractivity contribution in [2.75, 3.05) is 0 Å². The highest BCUT2D eigenvalue weighted by atomic mass is 16.4. The lowest BCUT2D eigenvalue weighted by Gasteiger charge is -1.99. The molecular formula is C6H8O3. The van der Waals surface area contributed by atoms with Gasteiger partial charge in [-0.1, -0.05) is 0 Å². The summed E-state index contributed by atoms with van der Waals surface area (Å²) in [4.78, 5) is 19.9. The fraction of sp³-hybridized carbons (Fsp3) is 0.500. The largest absolute Gasteiger partial charge is 0.481 e. The summed E-state index contributed by atoms with van der Waals surface area (Å²) in [5.41, 5.74) is 0.225. The van der Waals surface area contributed by atoms with E-state index in [-0.39, 0.29) is 5.57 Å². The number of carboxylic acids is 1. The third-order valence-corrected chi connectivity index (χ3v) is 1.18. The van der Waals surface area contributed by atoms with Gasteiger partial charge in [0.15, 0.2) is 0 Å². The van der Waals surface area contributed by atoms with Crippen LogP contribution in [0.2, 0.25) is 0 Å². The van der Waals surface area contributed by atoms with E-state index in [4.69, 9.17) is 5.11 Å². The number of hydrogen-bond donors (Lipinski definition) is 1. The second-order valence-corrected chi connectivity index (χ2v) is 1.85. The van der Waals surface area contributed by atoms with Crippen LogP contribution in [0.3, 0.4) is 0 Å². The highest BCUT2D eigenvalue weighted by Gasteiger charge is 2.12. The molecule has 0 aliphatic heterocycles. The number of carbonyl (C=O) groups excluding carboxylic acids is 1. The summed E-state index contributed by atoms with van der Waals surface area (Å²) in [6.45, 7) is 2.90. The van der Waals surface area contributed by atoms with Crippen LogP contribution in [0, 0.1) is 5.92 Å². The fourth-order valence-electron chi connectivity index (χ4n) is 0.274. The molecule has 0 rings (SSSR count). The Hall–Kier alpha value is -1.08. The molecule has 1 unspecified atom stereocenters. The predicted octanol–water partition coefficient (Wildman–Crippen LogP) is 0.485. The lowest BCUT2D eigenvalue weighted by atomic mass is 10.1. The first kappa shape index (κ1) is 7.92. The molecule has 0 aliphatic carbocycles. The van der Waals surface area contributed by atoms with Crippen molar-refractivity contribution >= 4 is 11.9 Å². The Morgan fingerprint density at radius 2 is 2.11 bits per heavy atom. The molecule has 0 aromatic rings. The van der Waals surface area contributed by atoms with E-state index in [9.17, 15) is 9.59 Å². The maximum atomic E-state index is 10.1. The van der Waals surface area contributed by atoms with Gasteiger partial charge in [-0.2, -0.15) is 0 Å². The SMILES string of the molecule is CC(=C=O)C(C)C(=O)O. The molecule has 3 heteroatoms. The van der Waals surface area contributed by atoms with Crippen molar-refractivity contribution < 1.29 is 14.7 Å². The van der Waals surface area contributed by atoms with E-state index < -0.39 is 11.9 Å². The Kier molecular flexibility index (Phi) is 2.68. The number of hydrogen-bond acceptors (Lipinski definition) is 2. The van der Waals surface area contributed by atoms with Crippen molar-refractivity contribution in [3.8, 4) is 0 Å². The van der Waals surface area contributed by atoms with Gasteiger partial charge in [-0.25, -0.2) is 4.79 Å². The third-order valence-electron chi connectivity index (χ3n) is 1.18. The number of aliphatic carboxylic acids is 1. The third kappa shape index (κ3) is 2.11. The van der Waals surface area contributed by atoms with Gasteiger partial charge < -0.3 is 5.11 Å². The molecule has 0 radical (unpaired) electrons. The Morgan fingerprint density at radius 3 is 2.22 bits per heavy atom. The van der Waals surface area contributed by atoms with Crippen LogP contribution in [0.25, 0.3) is 0 Å². The second kappa shape index (κ2) is 3.05. The smallest absolute Gasteiger partial charge is 0.311 e. The minimum atomic E-state index is -0.990. The summed E-state index contributed by atoms with van der Waals surface area (Å²) in [5.74, 6) is -0.164. The molecule has 0 bridgehead atoms. The van der Waals surface area contributed by atoms with E-state index in [2.05, 4.69) is 0 Å². The van der Waals surface area contributed by atoms with Gasteiger partial charge in [0.25, 0.3) is 0 Å². The Bertz CT molecular complexity index is 165. The Balaban J connectivity index is 4.21. The van der Waals surface area contributed by atoms with Gasteiger partial charge in [0, 0.05) is 5.57 Å². The first-order valence-corrected chi connectivity index (χ1v) is 2.54. The summed E-state index contributed by atoms with van der Waals surface area (Å²) in [6.07, 6.45) is 0. The standard InChI is InChI=1S/C6H8O3/c1-4(3-7)5(2)6(8)9/h5H,1-2H3,(H,8,9). The monoisotopic (exact) mass is 128 g/mol. The number of carboxylic acid groups (broad SMARTS) is 1. The van der Waals surface area contributed by atoms with Crippen LogP contribution < -0.4 is 0 Å². The molecular weight excluding hydrogens is 120 g/mol.